The maximum absolute atomic E-state index is 10.6. The number of allylic oxidation sites excluding steroid dienone is 1. The van der Waals surface area contributed by atoms with E-state index in [1.165, 1.54) is 6.08 Å². The predicted octanol–water partition coefficient (Wildman–Crippen LogP) is 2.36. The minimum atomic E-state index is 0.392. The van der Waals surface area contributed by atoms with Crippen LogP contribution in [-0.4, -0.2) is 12.6 Å². The number of halogens is 1. The number of benzene rings is 1. The summed E-state index contributed by atoms with van der Waals surface area (Å²) in [5, 5.41) is 0.392. The zero-order valence-corrected chi connectivity index (χ0v) is 7.49. The average molecular weight is 195 g/mol. The molecule has 2 nitrogen and oxygen atoms in total. The summed E-state index contributed by atoms with van der Waals surface area (Å²) in [6.45, 7) is 0. The minimum absolute atomic E-state index is 0.392. The summed E-state index contributed by atoms with van der Waals surface area (Å²) in [6, 6.07) is 5.07. The van der Waals surface area contributed by atoms with E-state index in [4.69, 9.17) is 11.6 Å². The second-order valence-electron chi connectivity index (χ2n) is 2.36. The van der Waals surface area contributed by atoms with Crippen molar-refractivity contribution in [2.45, 2.75) is 0 Å². The summed E-state index contributed by atoms with van der Waals surface area (Å²) < 4.78 is 0. The van der Waals surface area contributed by atoms with Crippen molar-refractivity contribution >= 4 is 30.2 Å². The van der Waals surface area contributed by atoms with Gasteiger partial charge in [0.15, 0.2) is 6.29 Å². The molecular weight excluding hydrogens is 188 g/mol. The fourth-order valence-corrected chi connectivity index (χ4v) is 1.19. The van der Waals surface area contributed by atoms with E-state index < -0.39 is 0 Å². The van der Waals surface area contributed by atoms with Crippen LogP contribution in [0, 0.1) is 0 Å². The molecule has 66 valence electrons. The van der Waals surface area contributed by atoms with Gasteiger partial charge in [-0.25, -0.2) is 0 Å². The van der Waals surface area contributed by atoms with Crippen molar-refractivity contribution in [1.29, 1.82) is 0 Å². The van der Waals surface area contributed by atoms with Gasteiger partial charge in [-0.3, -0.25) is 9.59 Å². The highest BCUT2D eigenvalue weighted by molar-refractivity contribution is 6.33. The second-order valence-corrected chi connectivity index (χ2v) is 2.76. The Labute approximate surface area is 80.8 Å². The maximum Gasteiger partial charge on any atom is 0.152 e. The monoisotopic (exact) mass is 194 g/mol. The highest BCUT2D eigenvalue weighted by Gasteiger charge is 2.01. The van der Waals surface area contributed by atoms with Crippen LogP contribution in [0.25, 0.3) is 6.08 Å². The Morgan fingerprint density at radius 3 is 2.62 bits per heavy atom. The molecule has 0 aliphatic rings. The molecule has 13 heavy (non-hydrogen) atoms. The first kappa shape index (κ1) is 9.68. The molecule has 3 heteroatoms. The highest BCUT2D eigenvalue weighted by Crippen LogP contribution is 2.18. The van der Waals surface area contributed by atoms with Gasteiger partial charge in [-0.05, 0) is 17.7 Å². The molecule has 0 heterocycles. The third kappa shape index (κ3) is 2.26. The number of hydrogen-bond donors (Lipinski definition) is 0. The van der Waals surface area contributed by atoms with E-state index in [2.05, 4.69) is 0 Å². The Hall–Kier alpha value is -1.41. The molecule has 0 saturated heterocycles. The fourth-order valence-electron chi connectivity index (χ4n) is 0.966. The molecule has 0 aliphatic heterocycles. The van der Waals surface area contributed by atoms with Crippen LogP contribution in [0.15, 0.2) is 24.3 Å². The molecule has 0 bridgehead atoms. The quantitative estimate of drug-likeness (QED) is 0.547. The molecular formula is C10H7ClO2. The van der Waals surface area contributed by atoms with Crippen LogP contribution in [0.4, 0.5) is 0 Å². The molecule has 0 radical (unpaired) electrons. The van der Waals surface area contributed by atoms with Crippen molar-refractivity contribution in [1.82, 2.24) is 0 Å². The first-order chi connectivity index (χ1) is 6.29. The molecule has 0 aliphatic carbocycles. The summed E-state index contributed by atoms with van der Waals surface area (Å²) in [4.78, 5) is 20.7. The molecule has 0 aromatic heterocycles. The van der Waals surface area contributed by atoms with E-state index in [0.29, 0.717) is 28.7 Å². The van der Waals surface area contributed by atoms with Crippen molar-refractivity contribution in [2.75, 3.05) is 0 Å². The molecule has 0 saturated carbocycles. The van der Waals surface area contributed by atoms with Crippen LogP contribution in [-0.2, 0) is 4.79 Å². The van der Waals surface area contributed by atoms with Gasteiger partial charge < -0.3 is 0 Å². The van der Waals surface area contributed by atoms with Crippen molar-refractivity contribution in [3.05, 3.63) is 40.4 Å². The van der Waals surface area contributed by atoms with Crippen LogP contribution in [0.5, 0.6) is 0 Å². The van der Waals surface area contributed by atoms with Crippen LogP contribution < -0.4 is 0 Å². The van der Waals surface area contributed by atoms with Gasteiger partial charge in [0.1, 0.15) is 6.29 Å². The predicted molar refractivity (Wildman–Crippen MR) is 51.9 cm³/mol. The van der Waals surface area contributed by atoms with Gasteiger partial charge in [-0.2, -0.15) is 0 Å². The van der Waals surface area contributed by atoms with Gasteiger partial charge in [-0.1, -0.05) is 29.8 Å². The van der Waals surface area contributed by atoms with Gasteiger partial charge in [0, 0.05) is 5.56 Å². The zero-order valence-electron chi connectivity index (χ0n) is 6.74. The van der Waals surface area contributed by atoms with Gasteiger partial charge >= 0.3 is 0 Å². The van der Waals surface area contributed by atoms with Crippen molar-refractivity contribution < 1.29 is 9.59 Å². The molecule has 0 unspecified atom stereocenters. The summed E-state index contributed by atoms with van der Waals surface area (Å²) in [5.74, 6) is 0. The van der Waals surface area contributed by atoms with Gasteiger partial charge in [-0.15, -0.1) is 0 Å². The molecule has 0 N–H and O–H groups in total. The molecule has 0 fully saturated rings. The number of rotatable bonds is 3. The van der Waals surface area contributed by atoms with E-state index in [1.807, 2.05) is 0 Å². The summed E-state index contributed by atoms with van der Waals surface area (Å²) in [7, 11) is 0. The highest BCUT2D eigenvalue weighted by atomic mass is 35.5. The molecule has 0 spiro atoms. The number of aldehydes is 2. The summed E-state index contributed by atoms with van der Waals surface area (Å²) in [5.41, 5.74) is 1.05. The molecule has 1 aromatic rings. The van der Waals surface area contributed by atoms with Gasteiger partial charge in [0.05, 0.1) is 5.02 Å². The number of carbonyl (C=O) groups excluding carboxylic acids is 2. The topological polar surface area (TPSA) is 34.1 Å². The van der Waals surface area contributed by atoms with E-state index in [9.17, 15) is 9.59 Å². The third-order valence-electron chi connectivity index (χ3n) is 1.56. The molecule has 1 aromatic carbocycles. The maximum atomic E-state index is 10.6. The Kier molecular flexibility index (Phi) is 3.41. The zero-order chi connectivity index (χ0) is 9.68. The largest absolute Gasteiger partial charge is 0.299 e. The van der Waals surface area contributed by atoms with Gasteiger partial charge in [0.2, 0.25) is 0 Å². The van der Waals surface area contributed by atoms with Crippen molar-refractivity contribution in [2.24, 2.45) is 0 Å². The summed E-state index contributed by atoms with van der Waals surface area (Å²) in [6.07, 6.45) is 4.18. The van der Waals surface area contributed by atoms with E-state index in [-0.39, 0.29) is 0 Å². The van der Waals surface area contributed by atoms with Gasteiger partial charge in [0.25, 0.3) is 0 Å². The van der Waals surface area contributed by atoms with E-state index in [1.54, 1.807) is 24.3 Å². The number of hydrogen-bond acceptors (Lipinski definition) is 2. The Morgan fingerprint density at radius 2 is 2.00 bits per heavy atom. The fraction of sp³-hybridized carbons (Fsp3) is 0. The van der Waals surface area contributed by atoms with Crippen LogP contribution >= 0.6 is 11.6 Å². The average Bonchev–Trinajstić information content (AvgIpc) is 2.15. The second kappa shape index (κ2) is 4.58. The lowest BCUT2D eigenvalue weighted by Crippen LogP contribution is -1.86. The Balaban J connectivity index is 3.19. The van der Waals surface area contributed by atoms with Crippen LogP contribution in [0.3, 0.4) is 0 Å². The Morgan fingerprint density at radius 1 is 1.23 bits per heavy atom. The normalized spacial score (nSPS) is 10.2. The standard InChI is InChI=1S/C10H7ClO2/c11-10-5-1-3-8(4-2-6-12)9(10)7-13/h1-7H/b4-2+. The lowest BCUT2D eigenvalue weighted by Gasteiger charge is -1.99. The molecule has 0 atom stereocenters. The first-order valence-corrected chi connectivity index (χ1v) is 4.03. The first-order valence-electron chi connectivity index (χ1n) is 3.65. The Bertz CT molecular complexity index is 356. The SMILES string of the molecule is O=C/C=C/c1cccc(Cl)c1C=O. The molecule has 1 rings (SSSR count). The lowest BCUT2D eigenvalue weighted by atomic mass is 10.1. The minimum Gasteiger partial charge on any atom is -0.299 e. The van der Waals surface area contributed by atoms with Crippen LogP contribution in [0.1, 0.15) is 15.9 Å². The van der Waals surface area contributed by atoms with E-state index >= 15 is 0 Å². The number of carbonyl (C=O) groups is 2. The van der Waals surface area contributed by atoms with E-state index in [0.717, 1.165) is 0 Å². The third-order valence-corrected chi connectivity index (χ3v) is 1.89. The van der Waals surface area contributed by atoms with Crippen LogP contribution in [0.2, 0.25) is 5.02 Å². The van der Waals surface area contributed by atoms with Crippen molar-refractivity contribution in [3.63, 3.8) is 0 Å². The lowest BCUT2D eigenvalue weighted by molar-refractivity contribution is -0.104. The van der Waals surface area contributed by atoms with Crippen molar-refractivity contribution in [3.8, 4) is 0 Å². The summed E-state index contributed by atoms with van der Waals surface area (Å²) >= 11 is 5.75. The molecule has 0 amide bonds. The smallest absolute Gasteiger partial charge is 0.152 e.